The summed E-state index contributed by atoms with van der Waals surface area (Å²) >= 11 is 0. The van der Waals surface area contributed by atoms with Gasteiger partial charge in [-0.3, -0.25) is 0 Å². The third-order valence-electron chi connectivity index (χ3n) is 6.19. The highest BCUT2D eigenvalue weighted by Crippen LogP contribution is 2.36. The van der Waals surface area contributed by atoms with Crippen molar-refractivity contribution in [3.8, 4) is 16.8 Å². The van der Waals surface area contributed by atoms with E-state index >= 15 is 0 Å². The summed E-state index contributed by atoms with van der Waals surface area (Å²) < 4.78 is 2.40. The van der Waals surface area contributed by atoms with Gasteiger partial charge in [-0.1, -0.05) is 115 Å². The molecule has 0 radical (unpaired) electrons. The van der Waals surface area contributed by atoms with E-state index in [2.05, 4.69) is 138 Å². The van der Waals surface area contributed by atoms with Gasteiger partial charge < -0.3 is 4.57 Å². The molecule has 0 saturated carbocycles. The predicted octanol–water partition coefficient (Wildman–Crippen LogP) is 8.62. The quantitative estimate of drug-likeness (QED) is 0.251. The SMILES string of the molecule is C(=Cc1cccc(-c2ccccc2-n2c3ccccc3c3ccccc32)c1)c1ccccc1. The van der Waals surface area contributed by atoms with Crippen molar-refractivity contribution >= 4 is 34.0 Å². The van der Waals surface area contributed by atoms with E-state index in [0.29, 0.717) is 0 Å². The van der Waals surface area contributed by atoms with Gasteiger partial charge in [0, 0.05) is 16.3 Å². The molecule has 33 heavy (non-hydrogen) atoms. The number of rotatable bonds is 4. The minimum Gasteiger partial charge on any atom is -0.309 e. The Hall–Kier alpha value is -4.36. The number of hydrogen-bond acceptors (Lipinski definition) is 0. The molecule has 0 aliphatic carbocycles. The van der Waals surface area contributed by atoms with Crippen LogP contribution in [0.1, 0.15) is 11.1 Å². The lowest BCUT2D eigenvalue weighted by Crippen LogP contribution is -1.97. The molecule has 6 aromatic rings. The number of benzene rings is 5. The third-order valence-corrected chi connectivity index (χ3v) is 6.19. The van der Waals surface area contributed by atoms with E-state index in [1.165, 1.54) is 49.7 Å². The smallest absolute Gasteiger partial charge is 0.0541 e. The van der Waals surface area contributed by atoms with Crippen LogP contribution in [0.4, 0.5) is 0 Å². The molecule has 0 bridgehead atoms. The van der Waals surface area contributed by atoms with Crippen molar-refractivity contribution in [1.82, 2.24) is 4.57 Å². The minimum atomic E-state index is 1.19. The number of hydrogen-bond donors (Lipinski definition) is 0. The summed E-state index contributed by atoms with van der Waals surface area (Å²) in [6.07, 6.45) is 4.35. The molecule has 0 fully saturated rings. The summed E-state index contributed by atoms with van der Waals surface area (Å²) in [5.74, 6) is 0. The molecule has 6 rings (SSSR count). The normalized spacial score (nSPS) is 11.5. The maximum absolute atomic E-state index is 2.40. The van der Waals surface area contributed by atoms with Crippen molar-refractivity contribution in [2.75, 3.05) is 0 Å². The van der Waals surface area contributed by atoms with Crippen LogP contribution >= 0.6 is 0 Å². The van der Waals surface area contributed by atoms with Gasteiger partial charge in [-0.2, -0.15) is 0 Å². The molecule has 1 nitrogen and oxygen atoms in total. The maximum Gasteiger partial charge on any atom is 0.0541 e. The fourth-order valence-corrected chi connectivity index (χ4v) is 4.66. The third kappa shape index (κ3) is 3.54. The summed E-state index contributed by atoms with van der Waals surface area (Å²) in [5.41, 5.74) is 8.47. The van der Waals surface area contributed by atoms with E-state index in [1.54, 1.807) is 0 Å². The van der Waals surface area contributed by atoms with Crippen LogP contribution in [0.3, 0.4) is 0 Å². The highest BCUT2D eigenvalue weighted by Gasteiger charge is 2.14. The molecule has 0 saturated heterocycles. The van der Waals surface area contributed by atoms with Crippen LogP contribution in [0, 0.1) is 0 Å². The molecule has 156 valence electrons. The van der Waals surface area contributed by atoms with E-state index in [4.69, 9.17) is 0 Å². The summed E-state index contributed by atoms with van der Waals surface area (Å²) in [5, 5.41) is 2.56. The second kappa shape index (κ2) is 8.29. The lowest BCUT2D eigenvalue weighted by Gasteiger charge is -2.14. The van der Waals surface area contributed by atoms with Gasteiger partial charge >= 0.3 is 0 Å². The molecule has 0 aliphatic rings. The van der Waals surface area contributed by atoms with Crippen molar-refractivity contribution in [2.45, 2.75) is 0 Å². The number of aromatic nitrogens is 1. The lowest BCUT2D eigenvalue weighted by molar-refractivity contribution is 1.18. The Morgan fingerprint density at radius 3 is 1.79 bits per heavy atom. The standard InChI is InChI=1S/C32H23N/c1-2-11-24(12-3-1)21-22-25-13-10-14-26(23-25)27-15-4-7-18-30(27)33-31-19-8-5-16-28(31)29-17-6-9-20-32(29)33/h1-23H. The number of nitrogens with zero attached hydrogens (tertiary/aromatic N) is 1. The Balaban J connectivity index is 1.51. The van der Waals surface area contributed by atoms with Crippen LogP contribution in [0.15, 0.2) is 127 Å². The zero-order chi connectivity index (χ0) is 22.0. The Bertz CT molecular complexity index is 1550. The van der Waals surface area contributed by atoms with Gasteiger partial charge in [0.1, 0.15) is 0 Å². The second-order valence-electron chi connectivity index (χ2n) is 8.26. The van der Waals surface area contributed by atoms with E-state index in [1.807, 2.05) is 6.07 Å². The zero-order valence-corrected chi connectivity index (χ0v) is 18.2. The molecular weight excluding hydrogens is 398 g/mol. The molecule has 0 amide bonds. The summed E-state index contributed by atoms with van der Waals surface area (Å²) in [6.45, 7) is 0. The Labute approximate surface area is 193 Å². The van der Waals surface area contributed by atoms with E-state index < -0.39 is 0 Å². The first kappa shape index (κ1) is 19.3. The molecule has 1 heterocycles. The van der Waals surface area contributed by atoms with Crippen LogP contribution in [0.5, 0.6) is 0 Å². The molecule has 0 N–H and O–H groups in total. The van der Waals surface area contributed by atoms with Gasteiger partial charge in [0.2, 0.25) is 0 Å². The summed E-state index contributed by atoms with van der Waals surface area (Å²) in [6, 6.07) is 45.2. The van der Waals surface area contributed by atoms with Gasteiger partial charge in [0.15, 0.2) is 0 Å². The summed E-state index contributed by atoms with van der Waals surface area (Å²) in [4.78, 5) is 0. The topological polar surface area (TPSA) is 4.93 Å². The fourth-order valence-electron chi connectivity index (χ4n) is 4.66. The Kier molecular flexibility index (Phi) is 4.86. The number of fused-ring (bicyclic) bond motifs is 3. The fraction of sp³-hybridized carbons (Fsp3) is 0. The van der Waals surface area contributed by atoms with E-state index in [-0.39, 0.29) is 0 Å². The van der Waals surface area contributed by atoms with Crippen LogP contribution in [-0.2, 0) is 0 Å². The molecule has 1 heteroatoms. The molecule has 5 aromatic carbocycles. The van der Waals surface area contributed by atoms with Gasteiger partial charge in [0.05, 0.1) is 16.7 Å². The van der Waals surface area contributed by atoms with Gasteiger partial charge in [-0.15, -0.1) is 0 Å². The second-order valence-corrected chi connectivity index (χ2v) is 8.26. The van der Waals surface area contributed by atoms with Gasteiger partial charge in [-0.05, 0) is 41.0 Å². The van der Waals surface area contributed by atoms with Crippen molar-refractivity contribution in [3.63, 3.8) is 0 Å². The molecule has 0 atom stereocenters. The van der Waals surface area contributed by atoms with Crippen LogP contribution in [-0.4, -0.2) is 4.57 Å². The van der Waals surface area contributed by atoms with E-state index in [0.717, 1.165) is 0 Å². The van der Waals surface area contributed by atoms with Crippen molar-refractivity contribution in [3.05, 3.63) is 139 Å². The Morgan fingerprint density at radius 1 is 0.455 bits per heavy atom. The molecule has 0 spiro atoms. The van der Waals surface area contributed by atoms with Crippen molar-refractivity contribution in [1.29, 1.82) is 0 Å². The van der Waals surface area contributed by atoms with Gasteiger partial charge in [-0.25, -0.2) is 0 Å². The lowest BCUT2D eigenvalue weighted by atomic mass is 10.0. The largest absolute Gasteiger partial charge is 0.309 e. The average Bonchev–Trinajstić information content (AvgIpc) is 3.23. The van der Waals surface area contributed by atoms with Crippen molar-refractivity contribution < 1.29 is 0 Å². The molecule has 0 unspecified atom stereocenters. The number of para-hydroxylation sites is 3. The highest BCUT2D eigenvalue weighted by molar-refractivity contribution is 6.09. The van der Waals surface area contributed by atoms with Gasteiger partial charge in [0.25, 0.3) is 0 Å². The predicted molar refractivity (Wildman–Crippen MR) is 142 cm³/mol. The molecule has 0 aliphatic heterocycles. The summed E-state index contributed by atoms with van der Waals surface area (Å²) in [7, 11) is 0. The maximum atomic E-state index is 2.40. The van der Waals surface area contributed by atoms with Crippen molar-refractivity contribution in [2.24, 2.45) is 0 Å². The average molecular weight is 422 g/mol. The van der Waals surface area contributed by atoms with Crippen LogP contribution in [0.2, 0.25) is 0 Å². The minimum absolute atomic E-state index is 1.19. The highest BCUT2D eigenvalue weighted by atomic mass is 15.0. The van der Waals surface area contributed by atoms with E-state index in [9.17, 15) is 0 Å². The van der Waals surface area contributed by atoms with Crippen LogP contribution in [0.25, 0.3) is 50.8 Å². The zero-order valence-electron chi connectivity index (χ0n) is 18.2. The first-order chi connectivity index (χ1) is 16.4. The van der Waals surface area contributed by atoms with Crippen LogP contribution < -0.4 is 0 Å². The molecular formula is C32H23N. The monoisotopic (exact) mass is 421 g/mol. The first-order valence-corrected chi connectivity index (χ1v) is 11.3. The first-order valence-electron chi connectivity index (χ1n) is 11.3. The molecule has 1 aromatic heterocycles. The Morgan fingerprint density at radius 2 is 1.03 bits per heavy atom.